The maximum atomic E-state index is 11.7. The predicted octanol–water partition coefficient (Wildman–Crippen LogP) is 4.68. The van der Waals surface area contributed by atoms with Gasteiger partial charge in [0.05, 0.1) is 0 Å². The predicted molar refractivity (Wildman–Crippen MR) is 81.2 cm³/mol. The van der Waals surface area contributed by atoms with Gasteiger partial charge < -0.3 is 0 Å². The molecule has 0 aromatic heterocycles. The molecule has 0 spiro atoms. The second kappa shape index (κ2) is 4.08. The Balaban J connectivity index is 1.71. The molecule has 0 saturated heterocycles. The summed E-state index contributed by atoms with van der Waals surface area (Å²) in [5.74, 6) is 2.84. The van der Waals surface area contributed by atoms with Crippen LogP contribution in [0.2, 0.25) is 0 Å². The summed E-state index contributed by atoms with van der Waals surface area (Å²) in [5, 5.41) is 0. The van der Waals surface area contributed by atoms with E-state index < -0.39 is 0 Å². The van der Waals surface area contributed by atoms with Crippen molar-refractivity contribution in [1.82, 2.24) is 0 Å². The zero-order valence-corrected chi connectivity index (χ0v) is 12.8. The first-order valence-electron chi connectivity index (χ1n) is 8.47. The third kappa shape index (κ3) is 1.58. The number of fused-ring (bicyclic) bond motifs is 5. The lowest BCUT2D eigenvalue weighted by molar-refractivity contribution is -0.111. The van der Waals surface area contributed by atoms with E-state index in [2.05, 4.69) is 19.9 Å². The van der Waals surface area contributed by atoms with Crippen molar-refractivity contribution in [3.63, 3.8) is 0 Å². The summed E-state index contributed by atoms with van der Waals surface area (Å²) in [7, 11) is 0. The van der Waals surface area contributed by atoms with Gasteiger partial charge in [-0.1, -0.05) is 31.9 Å². The van der Waals surface area contributed by atoms with Gasteiger partial charge in [0.25, 0.3) is 0 Å². The number of carbonyl (C=O) groups is 1. The van der Waals surface area contributed by atoms with Crippen molar-refractivity contribution >= 4 is 5.78 Å². The Morgan fingerprint density at radius 3 is 2.80 bits per heavy atom. The lowest BCUT2D eigenvalue weighted by atomic mass is 9.48. The number of carbonyl (C=O) groups excluding carboxylic acids is 1. The molecule has 0 aliphatic heterocycles. The van der Waals surface area contributed by atoms with Gasteiger partial charge >= 0.3 is 0 Å². The van der Waals surface area contributed by atoms with Crippen molar-refractivity contribution in [2.75, 3.05) is 0 Å². The van der Waals surface area contributed by atoms with Crippen LogP contribution in [0, 0.1) is 28.6 Å². The maximum absolute atomic E-state index is 11.7. The molecular formula is C19H26O. The quantitative estimate of drug-likeness (QED) is 0.624. The molecule has 4 rings (SSSR count). The topological polar surface area (TPSA) is 17.1 Å². The summed E-state index contributed by atoms with van der Waals surface area (Å²) in [4.78, 5) is 11.7. The van der Waals surface area contributed by atoms with Crippen LogP contribution in [0.4, 0.5) is 0 Å². The van der Waals surface area contributed by atoms with Gasteiger partial charge in [-0.25, -0.2) is 0 Å². The average molecular weight is 270 g/mol. The van der Waals surface area contributed by atoms with Crippen molar-refractivity contribution in [2.45, 2.75) is 58.8 Å². The number of hydrogen-bond donors (Lipinski definition) is 0. The lowest BCUT2D eigenvalue weighted by Gasteiger charge is -2.56. The fourth-order valence-corrected chi connectivity index (χ4v) is 6.19. The molecular weight excluding hydrogens is 244 g/mol. The second-order valence-corrected chi connectivity index (χ2v) is 8.19. The smallest absolute Gasteiger partial charge is 0.178 e. The van der Waals surface area contributed by atoms with Crippen LogP contribution in [0.25, 0.3) is 0 Å². The number of rotatable bonds is 0. The van der Waals surface area contributed by atoms with E-state index in [1.807, 2.05) is 12.2 Å². The van der Waals surface area contributed by atoms with E-state index in [0.29, 0.717) is 5.41 Å². The summed E-state index contributed by atoms with van der Waals surface area (Å²) in [6.07, 6.45) is 15.6. The highest BCUT2D eigenvalue weighted by molar-refractivity contribution is 6.01. The fourth-order valence-electron chi connectivity index (χ4n) is 6.19. The largest absolute Gasteiger partial charge is 0.290 e. The van der Waals surface area contributed by atoms with Crippen LogP contribution < -0.4 is 0 Å². The number of ketones is 1. The van der Waals surface area contributed by atoms with E-state index in [9.17, 15) is 4.79 Å². The molecule has 20 heavy (non-hydrogen) atoms. The van der Waals surface area contributed by atoms with Crippen LogP contribution in [0.1, 0.15) is 58.8 Å². The Labute approximate surface area is 122 Å². The standard InChI is InChI=1S/C19H26O/c1-18-9-3-4-16(18)15-6-5-13-12-14(20)7-11-19(13,2)17(15)8-10-18/h7,11-12,15-17H,3-6,8-10H2,1-2H3/t15-,16-,17+,18-,19-/m0/s1. The van der Waals surface area contributed by atoms with Gasteiger partial charge in [-0.15, -0.1) is 0 Å². The van der Waals surface area contributed by atoms with Crippen LogP contribution in [0.15, 0.2) is 23.8 Å². The summed E-state index contributed by atoms with van der Waals surface area (Å²) in [6, 6.07) is 0. The Morgan fingerprint density at radius 1 is 1.10 bits per heavy atom. The van der Waals surface area contributed by atoms with E-state index >= 15 is 0 Å². The van der Waals surface area contributed by atoms with Crippen LogP contribution in [-0.2, 0) is 4.79 Å². The summed E-state index contributed by atoms with van der Waals surface area (Å²) in [5.41, 5.74) is 2.24. The highest BCUT2D eigenvalue weighted by Crippen LogP contribution is 2.64. The fraction of sp³-hybridized carbons (Fsp3) is 0.737. The minimum absolute atomic E-state index is 0.181. The first-order valence-corrected chi connectivity index (χ1v) is 8.47. The van der Waals surface area contributed by atoms with Crippen molar-refractivity contribution in [3.05, 3.63) is 23.8 Å². The summed E-state index contributed by atoms with van der Waals surface area (Å²) < 4.78 is 0. The highest BCUT2D eigenvalue weighted by Gasteiger charge is 2.55. The number of hydrogen-bond acceptors (Lipinski definition) is 1. The molecule has 3 fully saturated rings. The molecule has 0 radical (unpaired) electrons. The first kappa shape index (κ1) is 12.9. The van der Waals surface area contributed by atoms with Gasteiger partial charge in [-0.3, -0.25) is 4.79 Å². The van der Waals surface area contributed by atoms with E-state index in [1.54, 1.807) is 0 Å². The highest BCUT2D eigenvalue weighted by atomic mass is 16.1. The first-order chi connectivity index (χ1) is 9.53. The van der Waals surface area contributed by atoms with Gasteiger partial charge in [0, 0.05) is 5.41 Å². The zero-order valence-electron chi connectivity index (χ0n) is 12.8. The van der Waals surface area contributed by atoms with Crippen molar-refractivity contribution in [3.8, 4) is 0 Å². The normalized spacial score (nSPS) is 50.2. The Morgan fingerprint density at radius 2 is 1.95 bits per heavy atom. The lowest BCUT2D eigenvalue weighted by Crippen LogP contribution is -2.48. The van der Waals surface area contributed by atoms with Crippen molar-refractivity contribution < 1.29 is 4.79 Å². The second-order valence-electron chi connectivity index (χ2n) is 8.19. The van der Waals surface area contributed by atoms with Gasteiger partial charge in [0.15, 0.2) is 5.78 Å². The third-order valence-corrected chi connectivity index (χ3v) is 7.34. The van der Waals surface area contributed by atoms with E-state index in [4.69, 9.17) is 0 Å². The van der Waals surface area contributed by atoms with E-state index in [-0.39, 0.29) is 11.2 Å². The molecule has 0 aromatic rings. The van der Waals surface area contributed by atoms with Crippen LogP contribution in [0.5, 0.6) is 0 Å². The van der Waals surface area contributed by atoms with Crippen LogP contribution in [0.3, 0.4) is 0 Å². The van der Waals surface area contributed by atoms with Gasteiger partial charge in [-0.2, -0.15) is 0 Å². The zero-order chi connectivity index (χ0) is 14.0. The van der Waals surface area contributed by atoms with E-state index in [0.717, 1.165) is 24.2 Å². The Hall–Kier alpha value is -0.850. The maximum Gasteiger partial charge on any atom is 0.178 e. The molecule has 3 saturated carbocycles. The summed E-state index contributed by atoms with van der Waals surface area (Å²) in [6.45, 7) is 4.95. The Kier molecular flexibility index (Phi) is 2.63. The minimum Gasteiger partial charge on any atom is -0.290 e. The van der Waals surface area contributed by atoms with E-state index in [1.165, 1.54) is 44.1 Å². The van der Waals surface area contributed by atoms with Crippen LogP contribution in [-0.4, -0.2) is 5.78 Å². The molecule has 5 atom stereocenters. The van der Waals surface area contributed by atoms with Crippen molar-refractivity contribution in [2.24, 2.45) is 28.6 Å². The molecule has 4 aliphatic carbocycles. The minimum atomic E-state index is 0.181. The third-order valence-electron chi connectivity index (χ3n) is 7.34. The van der Waals surface area contributed by atoms with Gasteiger partial charge in [-0.05, 0) is 73.8 Å². The molecule has 0 unspecified atom stereocenters. The number of allylic oxidation sites excluding steroid dienone is 4. The van der Waals surface area contributed by atoms with Gasteiger partial charge in [0.2, 0.25) is 0 Å². The van der Waals surface area contributed by atoms with Crippen LogP contribution >= 0.6 is 0 Å². The molecule has 0 bridgehead atoms. The molecule has 0 aromatic carbocycles. The van der Waals surface area contributed by atoms with Crippen molar-refractivity contribution in [1.29, 1.82) is 0 Å². The van der Waals surface area contributed by atoms with Gasteiger partial charge in [0.1, 0.15) is 0 Å². The molecule has 1 nitrogen and oxygen atoms in total. The monoisotopic (exact) mass is 270 g/mol. The molecule has 4 aliphatic rings. The molecule has 1 heteroatoms. The molecule has 0 heterocycles. The SMILES string of the molecule is C[C@@]12CCC[C@H]1[C@@H]1CCC3=CC(=O)C=C[C@]3(C)[C@@H]1CC2. The molecule has 0 amide bonds. The Bertz CT molecular complexity index is 514. The average Bonchev–Trinajstić information content (AvgIpc) is 2.81. The molecule has 108 valence electrons. The summed E-state index contributed by atoms with van der Waals surface area (Å²) >= 11 is 0. The molecule has 0 N–H and O–H groups in total.